The molecule has 0 aliphatic rings. The lowest BCUT2D eigenvalue weighted by Gasteiger charge is -1.97. The molecule has 1 unspecified atom stereocenters. The summed E-state index contributed by atoms with van der Waals surface area (Å²) in [6.07, 6.45) is 4.16. The van der Waals surface area contributed by atoms with Gasteiger partial charge >= 0.3 is 5.97 Å². The van der Waals surface area contributed by atoms with Gasteiger partial charge in [0, 0.05) is 6.42 Å². The average molecular weight is 183 g/mol. The zero-order chi connectivity index (χ0) is 10.1. The predicted octanol–water partition coefficient (Wildman–Crippen LogP) is 1.37. The number of nitrogens with two attached hydrogens (primary N) is 1. The Morgan fingerprint density at radius 3 is 2.77 bits per heavy atom. The molecule has 0 aromatic rings. The van der Waals surface area contributed by atoms with Crippen LogP contribution in [0.4, 0.5) is 0 Å². The number of rotatable bonds is 5. The van der Waals surface area contributed by atoms with Crippen molar-refractivity contribution in [2.24, 2.45) is 5.73 Å². The van der Waals surface area contributed by atoms with Crippen LogP contribution < -0.4 is 5.73 Å². The van der Waals surface area contributed by atoms with E-state index in [1.165, 1.54) is 12.8 Å². The zero-order valence-corrected chi connectivity index (χ0v) is 8.05. The lowest BCUT2D eigenvalue weighted by molar-refractivity contribution is -0.137. The van der Waals surface area contributed by atoms with Crippen LogP contribution in [-0.2, 0) is 4.79 Å². The molecule has 1 atom stereocenters. The van der Waals surface area contributed by atoms with Crippen LogP contribution in [-0.4, -0.2) is 17.1 Å². The molecular weight excluding hydrogens is 166 g/mol. The van der Waals surface area contributed by atoms with Crippen molar-refractivity contribution in [3.63, 3.8) is 0 Å². The third-order valence-electron chi connectivity index (χ3n) is 1.59. The number of unbranched alkanes of at least 4 members (excludes halogenated alkanes) is 3. The fraction of sp³-hybridized carbons (Fsp3) is 0.700. The summed E-state index contributed by atoms with van der Waals surface area (Å²) in [7, 11) is 0. The molecule has 0 radical (unpaired) electrons. The monoisotopic (exact) mass is 183 g/mol. The Morgan fingerprint density at radius 2 is 2.23 bits per heavy atom. The van der Waals surface area contributed by atoms with E-state index in [1.54, 1.807) is 0 Å². The van der Waals surface area contributed by atoms with Gasteiger partial charge in [0.05, 0.1) is 12.5 Å². The van der Waals surface area contributed by atoms with E-state index in [9.17, 15) is 4.79 Å². The second kappa shape index (κ2) is 7.63. The zero-order valence-electron chi connectivity index (χ0n) is 8.05. The Labute approximate surface area is 79.3 Å². The SMILES string of the molecule is CCCCCC#CC(N)CC(=O)O. The highest BCUT2D eigenvalue weighted by atomic mass is 16.4. The van der Waals surface area contributed by atoms with Gasteiger partial charge in [-0.15, -0.1) is 5.92 Å². The summed E-state index contributed by atoms with van der Waals surface area (Å²) in [5.41, 5.74) is 5.43. The molecule has 0 aromatic carbocycles. The molecular formula is C10H17NO2. The molecule has 0 aliphatic heterocycles. The smallest absolute Gasteiger partial charge is 0.305 e. The lowest BCUT2D eigenvalue weighted by Crippen LogP contribution is -2.21. The normalized spacial score (nSPS) is 11.5. The van der Waals surface area contributed by atoms with Crippen LogP contribution in [0.3, 0.4) is 0 Å². The van der Waals surface area contributed by atoms with Gasteiger partial charge in [0.1, 0.15) is 0 Å². The number of aliphatic carboxylic acids is 1. The maximum Gasteiger partial charge on any atom is 0.305 e. The minimum atomic E-state index is -0.893. The van der Waals surface area contributed by atoms with Crippen molar-refractivity contribution in [3.05, 3.63) is 0 Å². The summed E-state index contributed by atoms with van der Waals surface area (Å²) >= 11 is 0. The second-order valence-electron chi connectivity index (χ2n) is 2.98. The van der Waals surface area contributed by atoms with Crippen LogP contribution in [0.1, 0.15) is 39.0 Å². The second-order valence-corrected chi connectivity index (χ2v) is 2.98. The maximum atomic E-state index is 10.2. The summed E-state index contributed by atoms with van der Waals surface area (Å²) in [6.45, 7) is 2.13. The highest BCUT2D eigenvalue weighted by Gasteiger charge is 2.02. The van der Waals surface area contributed by atoms with E-state index in [0.717, 1.165) is 12.8 Å². The fourth-order valence-electron chi connectivity index (χ4n) is 0.906. The first-order chi connectivity index (χ1) is 6.16. The minimum Gasteiger partial charge on any atom is -0.481 e. The number of hydrogen-bond acceptors (Lipinski definition) is 2. The molecule has 0 aromatic heterocycles. The first kappa shape index (κ1) is 12.0. The third-order valence-corrected chi connectivity index (χ3v) is 1.59. The summed E-state index contributed by atoms with van der Waals surface area (Å²) < 4.78 is 0. The standard InChI is InChI=1S/C10H17NO2/c1-2-3-4-5-6-7-9(11)8-10(12)13/h9H,2-5,8,11H2,1H3,(H,12,13). The molecule has 3 heteroatoms. The predicted molar refractivity (Wildman–Crippen MR) is 52.1 cm³/mol. The minimum absolute atomic E-state index is 0.0687. The molecule has 0 amide bonds. The molecule has 0 fully saturated rings. The summed E-state index contributed by atoms with van der Waals surface area (Å²) in [5, 5.41) is 8.38. The topological polar surface area (TPSA) is 63.3 Å². The Morgan fingerprint density at radius 1 is 1.54 bits per heavy atom. The number of hydrogen-bond donors (Lipinski definition) is 2. The van der Waals surface area contributed by atoms with Crippen molar-refractivity contribution >= 4 is 5.97 Å². The molecule has 0 spiro atoms. The highest BCUT2D eigenvalue weighted by Crippen LogP contribution is 1.97. The third kappa shape index (κ3) is 8.90. The molecule has 0 bridgehead atoms. The van der Waals surface area contributed by atoms with Gasteiger partial charge < -0.3 is 10.8 Å². The van der Waals surface area contributed by atoms with Crippen LogP contribution in [0.15, 0.2) is 0 Å². The van der Waals surface area contributed by atoms with Crippen molar-refractivity contribution in [1.82, 2.24) is 0 Å². The van der Waals surface area contributed by atoms with E-state index >= 15 is 0 Å². The molecule has 74 valence electrons. The number of carboxylic acids is 1. The highest BCUT2D eigenvalue weighted by molar-refractivity contribution is 5.68. The molecule has 0 aliphatic carbocycles. The van der Waals surface area contributed by atoms with Crippen LogP contribution in [0, 0.1) is 11.8 Å². The van der Waals surface area contributed by atoms with Crippen molar-refractivity contribution in [1.29, 1.82) is 0 Å². The lowest BCUT2D eigenvalue weighted by atomic mass is 10.2. The molecule has 3 nitrogen and oxygen atoms in total. The molecule has 3 N–H and O–H groups in total. The fourth-order valence-corrected chi connectivity index (χ4v) is 0.906. The summed E-state index contributed by atoms with van der Waals surface area (Å²) in [5.74, 6) is 4.71. The van der Waals surface area contributed by atoms with Gasteiger partial charge in [-0.05, 0) is 6.42 Å². The van der Waals surface area contributed by atoms with Crippen molar-refractivity contribution in [2.75, 3.05) is 0 Å². The summed E-state index contributed by atoms with van der Waals surface area (Å²) in [6, 6.07) is -0.515. The maximum absolute atomic E-state index is 10.2. The van der Waals surface area contributed by atoms with Gasteiger partial charge in [-0.1, -0.05) is 25.7 Å². The molecule has 0 rings (SSSR count). The first-order valence-corrected chi connectivity index (χ1v) is 4.62. The van der Waals surface area contributed by atoms with E-state index in [2.05, 4.69) is 18.8 Å². The van der Waals surface area contributed by atoms with Crippen molar-refractivity contribution in [2.45, 2.75) is 45.1 Å². The van der Waals surface area contributed by atoms with Crippen LogP contribution in [0.25, 0.3) is 0 Å². The van der Waals surface area contributed by atoms with Gasteiger partial charge in [-0.3, -0.25) is 4.79 Å². The van der Waals surface area contributed by atoms with Gasteiger partial charge in [0.15, 0.2) is 0 Å². The van der Waals surface area contributed by atoms with E-state index in [0.29, 0.717) is 0 Å². The molecule has 0 saturated heterocycles. The van der Waals surface area contributed by atoms with Crippen molar-refractivity contribution < 1.29 is 9.90 Å². The van der Waals surface area contributed by atoms with Crippen LogP contribution in [0.5, 0.6) is 0 Å². The first-order valence-electron chi connectivity index (χ1n) is 4.62. The average Bonchev–Trinajstić information content (AvgIpc) is 2.02. The molecule has 13 heavy (non-hydrogen) atoms. The van der Waals surface area contributed by atoms with E-state index in [4.69, 9.17) is 10.8 Å². The Kier molecular flexibility index (Phi) is 7.04. The molecule has 0 heterocycles. The van der Waals surface area contributed by atoms with Gasteiger partial charge in [0.25, 0.3) is 0 Å². The van der Waals surface area contributed by atoms with Crippen molar-refractivity contribution in [3.8, 4) is 11.8 Å². The molecule has 0 saturated carbocycles. The Bertz CT molecular complexity index is 203. The van der Waals surface area contributed by atoms with E-state index in [1.807, 2.05) is 0 Å². The largest absolute Gasteiger partial charge is 0.481 e. The Balaban J connectivity index is 3.51. The van der Waals surface area contributed by atoms with E-state index < -0.39 is 12.0 Å². The van der Waals surface area contributed by atoms with Gasteiger partial charge in [-0.2, -0.15) is 0 Å². The quantitative estimate of drug-likeness (QED) is 0.500. The van der Waals surface area contributed by atoms with Crippen LogP contribution >= 0.6 is 0 Å². The van der Waals surface area contributed by atoms with Gasteiger partial charge in [0.2, 0.25) is 0 Å². The summed E-state index contributed by atoms with van der Waals surface area (Å²) in [4.78, 5) is 10.2. The van der Waals surface area contributed by atoms with Gasteiger partial charge in [-0.25, -0.2) is 0 Å². The number of carbonyl (C=O) groups is 1. The van der Waals surface area contributed by atoms with Crippen LogP contribution in [0.2, 0.25) is 0 Å². The van der Waals surface area contributed by atoms with E-state index in [-0.39, 0.29) is 6.42 Å². The number of carboxylic acid groups (broad SMARTS) is 1. The Hall–Kier alpha value is -1.01.